The summed E-state index contributed by atoms with van der Waals surface area (Å²) in [5.41, 5.74) is 5.75. The summed E-state index contributed by atoms with van der Waals surface area (Å²) in [6.45, 7) is 10.4. The van der Waals surface area contributed by atoms with Crippen molar-refractivity contribution in [3.63, 3.8) is 0 Å². The van der Waals surface area contributed by atoms with Gasteiger partial charge >= 0.3 is 0 Å². The Bertz CT molecular complexity index is 461. The first kappa shape index (κ1) is 15.5. The molecule has 0 N–H and O–H groups in total. The van der Waals surface area contributed by atoms with Crippen molar-refractivity contribution >= 4 is 0 Å². The highest BCUT2D eigenvalue weighted by Gasteiger charge is 2.05. The van der Waals surface area contributed by atoms with Crippen molar-refractivity contribution in [3.8, 4) is 0 Å². The van der Waals surface area contributed by atoms with Gasteiger partial charge in [0.1, 0.15) is 0 Å². The first-order valence-electron chi connectivity index (χ1n) is 7.24. The topological polar surface area (TPSA) is 0 Å². The Labute approximate surface area is 118 Å². The Morgan fingerprint density at radius 2 is 1.89 bits per heavy atom. The molecule has 0 radical (unpaired) electrons. The predicted molar refractivity (Wildman–Crippen MR) is 86.4 cm³/mol. The lowest BCUT2D eigenvalue weighted by molar-refractivity contribution is 0.862. The summed E-state index contributed by atoms with van der Waals surface area (Å²) in [5, 5.41) is 0. The molecule has 0 amide bonds. The van der Waals surface area contributed by atoms with Crippen LogP contribution in [0.5, 0.6) is 0 Å². The minimum atomic E-state index is 1.11. The fraction of sp³-hybridized carbons (Fsp3) is 0.368. The fourth-order valence-corrected chi connectivity index (χ4v) is 2.41. The summed E-state index contributed by atoms with van der Waals surface area (Å²) in [7, 11) is 0. The minimum Gasteiger partial charge on any atom is -0.0991 e. The maximum absolute atomic E-state index is 3.83. The van der Waals surface area contributed by atoms with Crippen LogP contribution in [0.4, 0.5) is 0 Å². The van der Waals surface area contributed by atoms with Gasteiger partial charge in [-0.2, -0.15) is 0 Å². The maximum atomic E-state index is 3.83. The van der Waals surface area contributed by atoms with Crippen LogP contribution in [-0.2, 0) is 6.42 Å². The Morgan fingerprint density at radius 1 is 1.16 bits per heavy atom. The third-order valence-electron chi connectivity index (χ3n) is 3.52. The standard InChI is InChI=1S/C19H26/c1-5-10-19(11-6-2)17(7-3)14-15-18-13-9-8-12-16(18)4/h5,7-10,12-13H,1,6,11,14-15H2,2-4H3/b17-7-,19-10-. The average molecular weight is 254 g/mol. The first-order valence-corrected chi connectivity index (χ1v) is 7.24. The molecule has 0 atom stereocenters. The number of aryl methyl sites for hydroxylation is 2. The summed E-state index contributed by atoms with van der Waals surface area (Å²) in [6.07, 6.45) is 10.9. The van der Waals surface area contributed by atoms with E-state index in [1.807, 2.05) is 6.08 Å². The fourth-order valence-electron chi connectivity index (χ4n) is 2.41. The lowest BCUT2D eigenvalue weighted by Crippen LogP contribution is -1.95. The molecule has 102 valence electrons. The number of hydrogen-bond donors (Lipinski definition) is 0. The molecule has 0 aromatic heterocycles. The molecule has 0 spiro atoms. The number of allylic oxidation sites excluding steroid dienone is 5. The van der Waals surface area contributed by atoms with Gasteiger partial charge in [0.05, 0.1) is 0 Å². The van der Waals surface area contributed by atoms with E-state index in [9.17, 15) is 0 Å². The highest BCUT2D eigenvalue weighted by Crippen LogP contribution is 2.22. The van der Waals surface area contributed by atoms with E-state index in [-0.39, 0.29) is 0 Å². The summed E-state index contributed by atoms with van der Waals surface area (Å²) >= 11 is 0. The van der Waals surface area contributed by atoms with Crippen molar-refractivity contribution in [1.29, 1.82) is 0 Å². The zero-order valence-corrected chi connectivity index (χ0v) is 12.6. The van der Waals surface area contributed by atoms with E-state index in [1.165, 1.54) is 28.7 Å². The van der Waals surface area contributed by atoms with Gasteiger partial charge in [0.25, 0.3) is 0 Å². The van der Waals surface area contributed by atoms with Gasteiger partial charge in [-0.1, -0.05) is 62.4 Å². The minimum absolute atomic E-state index is 1.11. The molecule has 0 saturated heterocycles. The monoisotopic (exact) mass is 254 g/mol. The highest BCUT2D eigenvalue weighted by atomic mass is 14.1. The lowest BCUT2D eigenvalue weighted by atomic mass is 9.93. The number of benzene rings is 1. The molecule has 0 nitrogen and oxygen atoms in total. The van der Waals surface area contributed by atoms with E-state index < -0.39 is 0 Å². The molecule has 0 bridgehead atoms. The maximum Gasteiger partial charge on any atom is -0.0236 e. The van der Waals surface area contributed by atoms with Crippen LogP contribution in [0.1, 0.15) is 44.2 Å². The van der Waals surface area contributed by atoms with Gasteiger partial charge in [0.15, 0.2) is 0 Å². The molecular weight excluding hydrogens is 228 g/mol. The molecule has 0 aliphatic carbocycles. The molecule has 1 rings (SSSR count). The van der Waals surface area contributed by atoms with E-state index in [0.29, 0.717) is 0 Å². The normalized spacial score (nSPS) is 12.6. The third kappa shape index (κ3) is 4.90. The zero-order chi connectivity index (χ0) is 14.1. The Balaban J connectivity index is 2.75. The van der Waals surface area contributed by atoms with Gasteiger partial charge in [-0.25, -0.2) is 0 Å². The van der Waals surface area contributed by atoms with Crippen LogP contribution in [-0.4, -0.2) is 0 Å². The van der Waals surface area contributed by atoms with Crippen molar-refractivity contribution < 1.29 is 0 Å². The van der Waals surface area contributed by atoms with Gasteiger partial charge in [-0.05, 0) is 55.4 Å². The Hall–Kier alpha value is -1.56. The van der Waals surface area contributed by atoms with E-state index in [2.05, 4.69) is 63.8 Å². The van der Waals surface area contributed by atoms with Gasteiger partial charge < -0.3 is 0 Å². The smallest absolute Gasteiger partial charge is 0.0236 e. The highest BCUT2D eigenvalue weighted by molar-refractivity contribution is 5.35. The van der Waals surface area contributed by atoms with Crippen LogP contribution in [0.3, 0.4) is 0 Å². The third-order valence-corrected chi connectivity index (χ3v) is 3.52. The molecule has 1 aromatic carbocycles. The second-order valence-electron chi connectivity index (χ2n) is 4.92. The van der Waals surface area contributed by atoms with Crippen molar-refractivity contribution in [2.75, 3.05) is 0 Å². The van der Waals surface area contributed by atoms with Crippen LogP contribution < -0.4 is 0 Å². The number of hydrogen-bond acceptors (Lipinski definition) is 0. The predicted octanol–water partition coefficient (Wildman–Crippen LogP) is 5.79. The average Bonchev–Trinajstić information content (AvgIpc) is 2.42. The van der Waals surface area contributed by atoms with E-state index >= 15 is 0 Å². The molecule has 0 unspecified atom stereocenters. The van der Waals surface area contributed by atoms with Crippen LogP contribution in [0.2, 0.25) is 0 Å². The molecule has 0 aliphatic rings. The SMILES string of the molecule is C=C/C=C(CCC)\C(=C/C)CCc1ccccc1C. The van der Waals surface area contributed by atoms with Crippen molar-refractivity contribution in [3.05, 3.63) is 71.3 Å². The Kier molecular flexibility index (Phi) is 6.95. The van der Waals surface area contributed by atoms with Crippen LogP contribution in [0.15, 0.2) is 60.2 Å². The van der Waals surface area contributed by atoms with E-state index in [1.54, 1.807) is 0 Å². The van der Waals surface area contributed by atoms with E-state index in [0.717, 1.165) is 19.3 Å². The molecule has 0 fully saturated rings. The van der Waals surface area contributed by atoms with Crippen LogP contribution >= 0.6 is 0 Å². The van der Waals surface area contributed by atoms with Crippen LogP contribution in [0, 0.1) is 6.92 Å². The molecule has 0 aliphatic heterocycles. The molecule has 19 heavy (non-hydrogen) atoms. The van der Waals surface area contributed by atoms with Gasteiger partial charge in [-0.15, -0.1) is 0 Å². The molecular formula is C19H26. The number of rotatable bonds is 7. The van der Waals surface area contributed by atoms with Gasteiger partial charge in [0.2, 0.25) is 0 Å². The summed E-state index contributed by atoms with van der Waals surface area (Å²) in [4.78, 5) is 0. The first-order chi connectivity index (χ1) is 9.22. The summed E-state index contributed by atoms with van der Waals surface area (Å²) < 4.78 is 0. The Morgan fingerprint density at radius 3 is 2.47 bits per heavy atom. The lowest BCUT2D eigenvalue weighted by Gasteiger charge is -2.12. The van der Waals surface area contributed by atoms with Gasteiger partial charge in [0, 0.05) is 0 Å². The summed E-state index contributed by atoms with van der Waals surface area (Å²) in [6, 6.07) is 8.66. The largest absolute Gasteiger partial charge is 0.0991 e. The van der Waals surface area contributed by atoms with Crippen molar-refractivity contribution in [2.24, 2.45) is 0 Å². The molecule has 0 heteroatoms. The molecule has 0 heterocycles. The summed E-state index contributed by atoms with van der Waals surface area (Å²) in [5.74, 6) is 0. The second kappa shape index (κ2) is 8.53. The second-order valence-corrected chi connectivity index (χ2v) is 4.92. The van der Waals surface area contributed by atoms with Crippen molar-refractivity contribution in [2.45, 2.75) is 46.5 Å². The van der Waals surface area contributed by atoms with Crippen molar-refractivity contribution in [1.82, 2.24) is 0 Å². The molecule has 1 aromatic rings. The van der Waals surface area contributed by atoms with Crippen LogP contribution in [0.25, 0.3) is 0 Å². The zero-order valence-electron chi connectivity index (χ0n) is 12.6. The van der Waals surface area contributed by atoms with E-state index in [4.69, 9.17) is 0 Å². The van der Waals surface area contributed by atoms with Gasteiger partial charge in [-0.3, -0.25) is 0 Å². The quantitative estimate of drug-likeness (QED) is 0.540. The molecule has 0 saturated carbocycles.